The van der Waals surface area contributed by atoms with E-state index < -0.39 is 26.4 Å². The van der Waals surface area contributed by atoms with E-state index in [1.807, 2.05) is 24.3 Å². The van der Waals surface area contributed by atoms with Crippen LogP contribution in [0.5, 0.6) is 0 Å². The van der Waals surface area contributed by atoms with Gasteiger partial charge in [0.2, 0.25) is 0 Å². The first-order valence-electron chi connectivity index (χ1n) is 7.90. The van der Waals surface area contributed by atoms with Gasteiger partial charge in [-0.2, -0.15) is 0 Å². The molecule has 2 aromatic rings. The number of carboxylic acids is 1. The number of fused-ring (bicyclic) bond motifs is 3. The van der Waals surface area contributed by atoms with Crippen LogP contribution in [0.15, 0.2) is 48.5 Å². The Bertz CT molecular complexity index is 726. The molecule has 1 unspecified atom stereocenters. The van der Waals surface area contributed by atoms with E-state index >= 15 is 0 Å². The van der Waals surface area contributed by atoms with Crippen LogP contribution in [0.2, 0.25) is 4.71 Å². The first-order valence-corrected chi connectivity index (χ1v) is 9.92. The van der Waals surface area contributed by atoms with Crippen LogP contribution in [0.1, 0.15) is 30.4 Å². The Morgan fingerprint density at radius 2 is 1.62 bits per heavy atom. The van der Waals surface area contributed by atoms with Gasteiger partial charge in [-0.15, -0.1) is 0 Å². The second-order valence-electron chi connectivity index (χ2n) is 5.70. The van der Waals surface area contributed by atoms with Crippen molar-refractivity contribution in [1.82, 2.24) is 0 Å². The summed E-state index contributed by atoms with van der Waals surface area (Å²) in [6.45, 7) is 2.05. The normalized spacial score (nSPS) is 14.4. The molecule has 0 spiro atoms. The topological polar surface area (TPSA) is 63.6 Å². The van der Waals surface area contributed by atoms with Gasteiger partial charge in [-0.3, -0.25) is 0 Å². The number of carboxylic acid groups (broad SMARTS) is 1. The third kappa shape index (κ3) is 3.25. The molecule has 0 amide bonds. The van der Waals surface area contributed by atoms with Gasteiger partial charge in [0.05, 0.1) is 0 Å². The molecule has 24 heavy (non-hydrogen) atoms. The molecular weight excluding hydrogens is 367 g/mol. The summed E-state index contributed by atoms with van der Waals surface area (Å²) in [4.78, 5) is 23.1. The van der Waals surface area contributed by atoms with Crippen molar-refractivity contribution in [2.24, 2.45) is 0 Å². The van der Waals surface area contributed by atoms with E-state index in [2.05, 4.69) is 24.3 Å². The summed E-state index contributed by atoms with van der Waals surface area (Å²) >= 11 is -1.00. The molecule has 123 valence electrons. The van der Waals surface area contributed by atoms with Gasteiger partial charge in [0.15, 0.2) is 0 Å². The van der Waals surface area contributed by atoms with Gasteiger partial charge in [0, 0.05) is 0 Å². The fourth-order valence-corrected chi connectivity index (χ4v) is 4.54. The molecule has 1 N–H and O–H groups in total. The molecule has 0 bridgehead atoms. The monoisotopic (exact) mass is 385 g/mol. The van der Waals surface area contributed by atoms with Crippen LogP contribution in [-0.2, 0) is 9.53 Å². The van der Waals surface area contributed by atoms with Crippen LogP contribution >= 0.6 is 0 Å². The fourth-order valence-electron chi connectivity index (χ4n) is 3.08. The van der Waals surface area contributed by atoms with Gasteiger partial charge in [-0.05, 0) is 0 Å². The summed E-state index contributed by atoms with van der Waals surface area (Å²) in [6, 6.07) is 16.3. The first-order chi connectivity index (χ1) is 11.6. The number of rotatable bonds is 6. The zero-order valence-corrected chi connectivity index (χ0v) is 15.2. The third-order valence-corrected chi connectivity index (χ3v) is 6.87. The van der Waals surface area contributed by atoms with E-state index in [0.717, 1.165) is 11.1 Å². The predicted octanol–water partition coefficient (Wildman–Crippen LogP) is 3.92. The fraction of sp³-hybridized carbons (Fsp3) is 0.263. The van der Waals surface area contributed by atoms with Crippen molar-refractivity contribution < 1.29 is 19.4 Å². The van der Waals surface area contributed by atoms with Crippen molar-refractivity contribution in [3.8, 4) is 11.1 Å². The van der Waals surface area contributed by atoms with Crippen molar-refractivity contribution in [3.05, 3.63) is 59.7 Å². The Morgan fingerprint density at radius 3 is 2.12 bits per heavy atom. The molecule has 1 aliphatic carbocycles. The summed E-state index contributed by atoms with van der Waals surface area (Å²) in [5.74, 6) is -0.890. The van der Waals surface area contributed by atoms with E-state index in [9.17, 15) is 9.59 Å². The Hall–Kier alpha value is -2.06. The molecule has 1 aliphatic rings. The van der Waals surface area contributed by atoms with Gasteiger partial charge in [-0.25, -0.2) is 0 Å². The Kier molecular flexibility index (Phi) is 5.05. The Morgan fingerprint density at radius 1 is 1.08 bits per heavy atom. The molecule has 2 aromatic carbocycles. The summed E-state index contributed by atoms with van der Waals surface area (Å²) in [5, 5.41) is 9.08. The molecule has 0 saturated carbocycles. The second kappa shape index (κ2) is 7.23. The summed E-state index contributed by atoms with van der Waals surface area (Å²) in [6.07, 6.45) is 0.458. The molecule has 0 saturated heterocycles. The quantitative estimate of drug-likeness (QED) is 0.766. The van der Waals surface area contributed by atoms with E-state index in [1.165, 1.54) is 11.1 Å². The van der Waals surface area contributed by atoms with Gasteiger partial charge >= 0.3 is 147 Å². The molecular formula is C19H18AsO4. The van der Waals surface area contributed by atoms with Crippen LogP contribution in [-0.4, -0.2) is 38.2 Å². The van der Waals surface area contributed by atoms with Crippen LogP contribution in [0, 0.1) is 0 Å². The van der Waals surface area contributed by atoms with Crippen LogP contribution < -0.4 is 0 Å². The van der Waals surface area contributed by atoms with Crippen LogP contribution in [0.4, 0.5) is 4.79 Å². The molecule has 0 heterocycles. The average Bonchev–Trinajstić information content (AvgIpc) is 2.91. The molecule has 5 heteroatoms. The molecule has 1 radical (unpaired) electrons. The summed E-state index contributed by atoms with van der Waals surface area (Å²) in [7, 11) is 0. The van der Waals surface area contributed by atoms with E-state index in [0.29, 0.717) is 6.42 Å². The van der Waals surface area contributed by atoms with Crippen LogP contribution in [0.25, 0.3) is 11.1 Å². The molecule has 4 nitrogen and oxygen atoms in total. The molecule has 1 atom stereocenters. The first kappa shape index (κ1) is 16.8. The number of hydrogen-bond donors (Lipinski definition) is 1. The van der Waals surface area contributed by atoms with Crippen molar-refractivity contribution in [2.45, 2.75) is 24.0 Å². The van der Waals surface area contributed by atoms with Crippen molar-refractivity contribution in [3.63, 3.8) is 0 Å². The average molecular weight is 385 g/mol. The predicted molar refractivity (Wildman–Crippen MR) is 92.5 cm³/mol. The standard InChI is InChI=1S/C19H18AsO4/c1-2-17(18(21)22)20-19(23)24-11-16-14-9-5-3-7-12(14)13-8-4-6-10-15(13)16/h3-10,16-17H,2,11H2,1H3,(H,21,22). The Balaban J connectivity index is 1.74. The maximum absolute atomic E-state index is 12.1. The Labute approximate surface area is 147 Å². The zero-order valence-electron chi connectivity index (χ0n) is 13.3. The number of carbonyl (C=O) groups excluding carboxylic acids is 1. The SMILES string of the molecule is CCC([As]C(=O)OCC1c2ccccc2-c2ccccc21)C(=O)O. The van der Waals surface area contributed by atoms with Gasteiger partial charge in [0.25, 0.3) is 0 Å². The molecule has 0 aliphatic heterocycles. The van der Waals surface area contributed by atoms with Gasteiger partial charge in [-0.1, -0.05) is 0 Å². The molecule has 0 fully saturated rings. The summed E-state index contributed by atoms with van der Waals surface area (Å²) < 4.78 is 4.52. The minimum absolute atomic E-state index is 0.0208. The van der Waals surface area contributed by atoms with E-state index in [-0.39, 0.29) is 17.3 Å². The van der Waals surface area contributed by atoms with E-state index in [1.54, 1.807) is 6.92 Å². The van der Waals surface area contributed by atoms with Gasteiger partial charge in [0.1, 0.15) is 0 Å². The number of hydrogen-bond acceptors (Lipinski definition) is 3. The maximum atomic E-state index is 12.1. The van der Waals surface area contributed by atoms with Crippen molar-refractivity contribution in [2.75, 3.05) is 6.61 Å². The number of ether oxygens (including phenoxy) is 1. The minimum atomic E-state index is -1.00. The van der Waals surface area contributed by atoms with Gasteiger partial charge < -0.3 is 0 Å². The third-order valence-electron chi connectivity index (χ3n) is 4.27. The summed E-state index contributed by atoms with van der Waals surface area (Å²) in [5.41, 5.74) is 4.68. The van der Waals surface area contributed by atoms with Crippen molar-refractivity contribution in [1.29, 1.82) is 0 Å². The number of benzene rings is 2. The molecule has 0 aromatic heterocycles. The molecule has 3 rings (SSSR count). The second-order valence-corrected chi connectivity index (χ2v) is 8.31. The number of aliphatic carboxylic acids is 1. The van der Waals surface area contributed by atoms with Crippen molar-refractivity contribution >= 4 is 26.5 Å². The zero-order chi connectivity index (χ0) is 17.1. The number of carbonyl (C=O) groups is 2. The van der Waals surface area contributed by atoms with E-state index in [4.69, 9.17) is 9.84 Å². The van der Waals surface area contributed by atoms with Crippen LogP contribution in [0.3, 0.4) is 0 Å².